The lowest BCUT2D eigenvalue weighted by atomic mass is 9.80. The van der Waals surface area contributed by atoms with Crippen LogP contribution in [-0.2, 0) is 0 Å². The van der Waals surface area contributed by atoms with Gasteiger partial charge in [-0.15, -0.1) is 0 Å². The van der Waals surface area contributed by atoms with E-state index in [0.29, 0.717) is 5.46 Å². The van der Waals surface area contributed by atoms with Crippen molar-refractivity contribution in [2.45, 2.75) is 20.3 Å². The van der Waals surface area contributed by atoms with Gasteiger partial charge in [-0.05, 0) is 72.4 Å². The zero-order valence-electron chi connectivity index (χ0n) is 20.4. The summed E-state index contributed by atoms with van der Waals surface area (Å²) in [5, 5.41) is 23.0. The van der Waals surface area contributed by atoms with Gasteiger partial charge in [0.15, 0.2) is 0 Å². The number of hydrogen-bond donors (Lipinski definition) is 3. The highest BCUT2D eigenvalue weighted by atomic mass is 16.4. The van der Waals surface area contributed by atoms with Gasteiger partial charge in [-0.3, -0.25) is 0 Å². The maximum atomic E-state index is 9.85. The summed E-state index contributed by atoms with van der Waals surface area (Å²) >= 11 is 0. The Labute approximate surface area is 210 Å². The Hall–Kier alpha value is -4.06. The first kappa shape index (κ1) is 22.4. The van der Waals surface area contributed by atoms with Gasteiger partial charge in [0.05, 0.1) is 11.0 Å². The predicted molar refractivity (Wildman–Crippen MR) is 152 cm³/mol. The first-order valence-electron chi connectivity index (χ1n) is 12.3. The predicted octanol–water partition coefficient (Wildman–Crippen LogP) is 6.20. The van der Waals surface area contributed by atoms with Crippen LogP contribution in [0.5, 0.6) is 0 Å². The van der Waals surface area contributed by atoms with Crippen LogP contribution in [0.2, 0.25) is 0 Å². The second-order valence-electron chi connectivity index (χ2n) is 9.29. The summed E-state index contributed by atoms with van der Waals surface area (Å²) in [6, 6.07) is 31.0. The zero-order valence-corrected chi connectivity index (χ0v) is 20.4. The first-order chi connectivity index (χ1) is 17.5. The molecule has 0 spiro atoms. The van der Waals surface area contributed by atoms with E-state index in [4.69, 9.17) is 0 Å². The average Bonchev–Trinajstić information content (AvgIpc) is 3.40. The zero-order chi connectivity index (χ0) is 24.8. The highest BCUT2D eigenvalue weighted by Gasteiger charge is 2.18. The second kappa shape index (κ2) is 8.87. The molecule has 0 amide bonds. The van der Waals surface area contributed by atoms with Crippen molar-refractivity contribution in [3.05, 3.63) is 108 Å². The van der Waals surface area contributed by atoms with Gasteiger partial charge < -0.3 is 19.6 Å². The van der Waals surface area contributed by atoms with Gasteiger partial charge in [-0.2, -0.15) is 0 Å². The molecule has 5 heteroatoms. The van der Waals surface area contributed by atoms with Crippen LogP contribution in [0.3, 0.4) is 0 Å². The minimum absolute atomic E-state index is 0.487. The fourth-order valence-corrected chi connectivity index (χ4v) is 5.30. The van der Waals surface area contributed by atoms with Crippen LogP contribution in [0, 0.1) is 6.92 Å². The van der Waals surface area contributed by atoms with E-state index in [9.17, 15) is 10.0 Å². The average molecular weight is 470 g/mol. The smallest absolute Gasteiger partial charge is 0.423 e. The highest BCUT2D eigenvalue weighted by molar-refractivity contribution is 6.59. The van der Waals surface area contributed by atoms with E-state index in [1.165, 1.54) is 16.5 Å². The van der Waals surface area contributed by atoms with Crippen molar-refractivity contribution in [1.29, 1.82) is 0 Å². The Morgan fingerprint density at radius 2 is 1.53 bits per heavy atom. The largest absolute Gasteiger partial charge is 0.488 e. The first-order valence-corrected chi connectivity index (χ1v) is 12.3. The molecule has 3 N–H and O–H groups in total. The Morgan fingerprint density at radius 3 is 2.28 bits per heavy atom. The minimum Gasteiger partial charge on any atom is -0.423 e. The van der Waals surface area contributed by atoms with Crippen molar-refractivity contribution >= 4 is 56.9 Å². The Bertz CT molecular complexity index is 1760. The lowest BCUT2D eigenvalue weighted by molar-refractivity contribution is 0.426. The Morgan fingerprint density at radius 1 is 0.833 bits per heavy atom. The number of aromatic amines is 1. The number of allylic oxidation sites excluding steroid dienone is 1. The maximum absolute atomic E-state index is 9.85. The highest BCUT2D eigenvalue weighted by Crippen LogP contribution is 2.35. The quantitative estimate of drug-likeness (QED) is 0.263. The molecular formula is C31H27BN2O2. The molecule has 0 saturated carbocycles. The van der Waals surface area contributed by atoms with Crippen molar-refractivity contribution in [3.8, 4) is 5.69 Å². The van der Waals surface area contributed by atoms with Crippen LogP contribution in [0.15, 0.2) is 91.0 Å². The number of nitrogens with one attached hydrogen (secondary N) is 1. The topological polar surface area (TPSA) is 61.2 Å². The minimum atomic E-state index is -1.51. The summed E-state index contributed by atoms with van der Waals surface area (Å²) in [5.41, 5.74) is 9.62. The van der Waals surface area contributed by atoms with E-state index in [0.717, 1.165) is 50.7 Å². The number of rotatable bonds is 5. The molecule has 2 aromatic heterocycles. The number of aryl methyl sites for hydroxylation is 1. The fourth-order valence-electron chi connectivity index (χ4n) is 5.30. The normalized spacial score (nSPS) is 12.2. The van der Waals surface area contributed by atoms with Gasteiger partial charge in [-0.1, -0.05) is 61.5 Å². The van der Waals surface area contributed by atoms with Crippen LogP contribution in [-0.4, -0.2) is 26.7 Å². The molecule has 0 atom stereocenters. The van der Waals surface area contributed by atoms with Gasteiger partial charge in [0.1, 0.15) is 0 Å². The van der Waals surface area contributed by atoms with E-state index in [-0.39, 0.29) is 0 Å². The molecule has 0 unspecified atom stereocenters. The molecule has 2 heterocycles. The van der Waals surface area contributed by atoms with Gasteiger partial charge in [0.2, 0.25) is 0 Å². The molecule has 0 bridgehead atoms. The van der Waals surface area contributed by atoms with Crippen LogP contribution in [0.4, 0.5) is 0 Å². The molecule has 36 heavy (non-hydrogen) atoms. The number of aromatic nitrogens is 2. The number of benzene rings is 4. The van der Waals surface area contributed by atoms with Crippen molar-refractivity contribution < 1.29 is 10.0 Å². The van der Waals surface area contributed by atoms with Crippen molar-refractivity contribution in [2.75, 3.05) is 0 Å². The van der Waals surface area contributed by atoms with E-state index < -0.39 is 7.12 Å². The Kier molecular flexibility index (Phi) is 5.52. The lowest BCUT2D eigenvalue weighted by Gasteiger charge is -2.09. The van der Waals surface area contributed by atoms with Crippen LogP contribution in [0.1, 0.15) is 30.2 Å². The molecule has 0 radical (unpaired) electrons. The number of fused-ring (bicyclic) bond motifs is 4. The van der Waals surface area contributed by atoms with Gasteiger partial charge in [0.25, 0.3) is 0 Å². The summed E-state index contributed by atoms with van der Waals surface area (Å²) < 4.78 is 2.24. The van der Waals surface area contributed by atoms with Gasteiger partial charge in [0, 0.05) is 38.6 Å². The fraction of sp³-hybridized carbons (Fsp3) is 0.0968. The van der Waals surface area contributed by atoms with Crippen LogP contribution >= 0.6 is 0 Å². The van der Waals surface area contributed by atoms with Crippen molar-refractivity contribution in [3.63, 3.8) is 0 Å². The van der Waals surface area contributed by atoms with Crippen molar-refractivity contribution in [2.24, 2.45) is 0 Å². The van der Waals surface area contributed by atoms with Gasteiger partial charge in [-0.25, -0.2) is 0 Å². The summed E-state index contributed by atoms with van der Waals surface area (Å²) in [4.78, 5) is 3.50. The van der Waals surface area contributed by atoms with Crippen molar-refractivity contribution in [1.82, 2.24) is 9.55 Å². The standard InChI is InChI=1S/C31H27BN2O2/c1-3-21(17-26-20(2)33-29-12-8-7-11-25(26)29)22-13-15-30-27(18-22)28-19-23(32(35)36)14-16-31(28)34(30)24-9-5-4-6-10-24/h4-19,33,35-36H,3H2,1-2H3/b21-17+. The number of nitrogens with zero attached hydrogens (tertiary/aromatic N) is 1. The SMILES string of the molecule is CC/C(=C\c1c(C)[nH]c2ccccc12)c1ccc2c(c1)c1cc(B(O)O)ccc1n2-c1ccccc1. The summed E-state index contributed by atoms with van der Waals surface area (Å²) in [6.45, 7) is 4.31. The molecule has 0 fully saturated rings. The molecule has 176 valence electrons. The third-order valence-corrected chi connectivity index (χ3v) is 7.12. The van der Waals surface area contributed by atoms with E-state index in [1.54, 1.807) is 6.07 Å². The van der Waals surface area contributed by atoms with Crippen LogP contribution in [0.25, 0.3) is 50.0 Å². The number of hydrogen-bond acceptors (Lipinski definition) is 2. The molecule has 0 aliphatic heterocycles. The summed E-state index contributed by atoms with van der Waals surface area (Å²) in [7, 11) is -1.51. The third-order valence-electron chi connectivity index (χ3n) is 7.12. The van der Waals surface area contributed by atoms with E-state index in [2.05, 4.69) is 84.1 Å². The van der Waals surface area contributed by atoms with Crippen LogP contribution < -0.4 is 5.46 Å². The second-order valence-corrected chi connectivity index (χ2v) is 9.29. The molecule has 0 aliphatic carbocycles. The molecule has 4 nitrogen and oxygen atoms in total. The molecule has 0 aliphatic rings. The molecular weight excluding hydrogens is 443 g/mol. The lowest BCUT2D eigenvalue weighted by Crippen LogP contribution is -2.29. The molecule has 4 aromatic carbocycles. The summed E-state index contributed by atoms with van der Waals surface area (Å²) in [6.07, 6.45) is 3.19. The number of H-pyrrole nitrogens is 1. The van der Waals surface area contributed by atoms with E-state index in [1.807, 2.05) is 30.3 Å². The van der Waals surface area contributed by atoms with Gasteiger partial charge >= 0.3 is 7.12 Å². The monoisotopic (exact) mass is 470 g/mol. The Balaban J connectivity index is 1.59. The maximum Gasteiger partial charge on any atom is 0.488 e. The third kappa shape index (κ3) is 3.65. The number of para-hydroxylation sites is 2. The summed E-state index contributed by atoms with van der Waals surface area (Å²) in [5.74, 6) is 0. The molecule has 6 rings (SSSR count). The molecule has 6 aromatic rings. The molecule has 0 saturated heterocycles. The van der Waals surface area contributed by atoms with E-state index >= 15 is 0 Å².